The molecule has 0 saturated heterocycles. The van der Waals surface area contributed by atoms with Gasteiger partial charge in [-0.15, -0.1) is 0 Å². The number of carboxylic acids is 1. The van der Waals surface area contributed by atoms with Crippen LogP contribution in [0.1, 0.15) is 13.8 Å². The molecule has 1 atom stereocenters. The number of aliphatic carboxylic acids is 1. The van der Waals surface area contributed by atoms with Crippen LogP contribution < -0.4 is 4.72 Å². The Labute approximate surface area is 177 Å². The Balaban J connectivity index is 1.75. The van der Waals surface area contributed by atoms with Crippen LogP contribution in [0.5, 0.6) is 0 Å². The summed E-state index contributed by atoms with van der Waals surface area (Å²) in [5.74, 6) is -1.06. The van der Waals surface area contributed by atoms with E-state index < -0.39 is 28.0 Å². The number of halogens is 1. The second kappa shape index (κ2) is 7.46. The van der Waals surface area contributed by atoms with E-state index in [-0.39, 0.29) is 10.1 Å². The number of furan rings is 2. The van der Waals surface area contributed by atoms with E-state index in [4.69, 9.17) is 20.4 Å². The molecule has 2 heterocycles. The first-order valence-corrected chi connectivity index (χ1v) is 11.0. The second-order valence-electron chi connectivity index (χ2n) is 7.26. The molecule has 0 saturated carbocycles. The molecule has 156 valence electrons. The summed E-state index contributed by atoms with van der Waals surface area (Å²) in [6, 6.07) is 12.1. The fraction of sp³-hybridized carbons (Fsp3) is 0.190. The van der Waals surface area contributed by atoms with E-state index in [1.807, 2.05) is 12.1 Å². The quantitative estimate of drug-likeness (QED) is 0.435. The summed E-state index contributed by atoms with van der Waals surface area (Å²) in [5.41, 5.74) is 1.70. The van der Waals surface area contributed by atoms with Crippen LogP contribution in [0.4, 0.5) is 0 Å². The molecule has 0 aliphatic carbocycles. The van der Waals surface area contributed by atoms with Crippen LogP contribution in [-0.2, 0) is 14.8 Å². The van der Waals surface area contributed by atoms with Crippen molar-refractivity contribution in [1.82, 2.24) is 4.72 Å². The maximum Gasteiger partial charge on any atom is 0.322 e. The van der Waals surface area contributed by atoms with E-state index in [0.717, 1.165) is 16.3 Å². The predicted molar refractivity (Wildman–Crippen MR) is 113 cm³/mol. The topological polar surface area (TPSA) is 110 Å². The fourth-order valence-electron chi connectivity index (χ4n) is 3.25. The van der Waals surface area contributed by atoms with Gasteiger partial charge in [0.25, 0.3) is 0 Å². The van der Waals surface area contributed by atoms with E-state index in [0.29, 0.717) is 16.9 Å². The first kappa shape index (κ1) is 20.5. The van der Waals surface area contributed by atoms with Gasteiger partial charge in [-0.3, -0.25) is 4.79 Å². The number of fused-ring (bicyclic) bond motifs is 3. The van der Waals surface area contributed by atoms with E-state index in [2.05, 4.69) is 4.72 Å². The van der Waals surface area contributed by atoms with Gasteiger partial charge in [-0.2, -0.15) is 4.72 Å². The third kappa shape index (κ3) is 3.69. The summed E-state index contributed by atoms with van der Waals surface area (Å²) in [4.78, 5) is 11.3. The van der Waals surface area contributed by atoms with Crippen LogP contribution in [0.25, 0.3) is 33.3 Å². The van der Waals surface area contributed by atoms with Crippen molar-refractivity contribution in [2.75, 3.05) is 0 Å². The highest BCUT2D eigenvalue weighted by Gasteiger charge is 2.28. The summed E-state index contributed by atoms with van der Waals surface area (Å²) in [7, 11) is -4.05. The molecule has 30 heavy (non-hydrogen) atoms. The smallest absolute Gasteiger partial charge is 0.322 e. The van der Waals surface area contributed by atoms with E-state index >= 15 is 0 Å². The molecule has 2 N–H and O–H groups in total. The largest absolute Gasteiger partial charge is 0.480 e. The Bertz CT molecular complexity index is 1370. The Hall–Kier alpha value is -2.81. The van der Waals surface area contributed by atoms with Gasteiger partial charge in [-0.1, -0.05) is 19.9 Å². The molecule has 0 aliphatic rings. The molecule has 2 aromatic heterocycles. The molecular formula is C21H18ClNO6S. The molecule has 4 rings (SSSR count). The van der Waals surface area contributed by atoms with Crippen LogP contribution in [0.15, 0.2) is 62.3 Å². The second-order valence-corrected chi connectivity index (χ2v) is 9.34. The number of sulfonamides is 1. The summed E-state index contributed by atoms with van der Waals surface area (Å²) in [6.07, 6.45) is 0. The lowest BCUT2D eigenvalue weighted by Crippen LogP contribution is -2.44. The lowest BCUT2D eigenvalue weighted by molar-refractivity contribution is -0.140. The van der Waals surface area contributed by atoms with E-state index in [9.17, 15) is 18.3 Å². The fourth-order valence-corrected chi connectivity index (χ4v) is 4.75. The van der Waals surface area contributed by atoms with E-state index in [1.165, 1.54) is 12.1 Å². The van der Waals surface area contributed by atoms with Gasteiger partial charge in [0, 0.05) is 22.4 Å². The molecule has 0 amide bonds. The van der Waals surface area contributed by atoms with E-state index in [1.54, 1.807) is 38.1 Å². The van der Waals surface area contributed by atoms with Crippen molar-refractivity contribution >= 4 is 49.5 Å². The lowest BCUT2D eigenvalue weighted by Gasteiger charge is -2.17. The number of hydrogen-bond donors (Lipinski definition) is 2. The van der Waals surface area contributed by atoms with Gasteiger partial charge < -0.3 is 13.9 Å². The summed E-state index contributed by atoms with van der Waals surface area (Å²) >= 11 is 5.84. The molecule has 4 aromatic rings. The maximum atomic E-state index is 12.7. The monoisotopic (exact) mass is 447 g/mol. The highest BCUT2D eigenvalue weighted by molar-refractivity contribution is 7.89. The highest BCUT2D eigenvalue weighted by atomic mass is 35.5. The Morgan fingerprint density at radius 1 is 1.00 bits per heavy atom. The van der Waals surface area contributed by atoms with Gasteiger partial charge in [-0.05, 0) is 53.9 Å². The van der Waals surface area contributed by atoms with Crippen LogP contribution in [-0.4, -0.2) is 25.5 Å². The van der Waals surface area contributed by atoms with Crippen LogP contribution in [0.3, 0.4) is 0 Å². The number of carboxylic acid groups (broad SMARTS) is 1. The van der Waals surface area contributed by atoms with Gasteiger partial charge in [0.1, 0.15) is 23.0 Å². The van der Waals surface area contributed by atoms with Gasteiger partial charge in [-0.25, -0.2) is 8.42 Å². The van der Waals surface area contributed by atoms with Crippen molar-refractivity contribution in [3.05, 3.63) is 53.8 Å². The van der Waals surface area contributed by atoms with Gasteiger partial charge >= 0.3 is 5.97 Å². The zero-order valence-corrected chi connectivity index (χ0v) is 17.6. The van der Waals surface area contributed by atoms with Crippen LogP contribution in [0.2, 0.25) is 5.22 Å². The van der Waals surface area contributed by atoms with Crippen molar-refractivity contribution in [2.45, 2.75) is 24.8 Å². The Kier molecular flexibility index (Phi) is 5.09. The van der Waals surface area contributed by atoms with Gasteiger partial charge in [0.05, 0.1) is 4.90 Å². The molecule has 7 nitrogen and oxygen atoms in total. The number of nitrogens with one attached hydrogen (secondary N) is 1. The number of benzene rings is 2. The first-order valence-electron chi connectivity index (χ1n) is 9.13. The van der Waals surface area contributed by atoms with Crippen LogP contribution in [0, 0.1) is 5.92 Å². The zero-order chi connectivity index (χ0) is 21.6. The first-order chi connectivity index (χ1) is 14.2. The molecule has 2 aromatic carbocycles. The Morgan fingerprint density at radius 3 is 2.27 bits per heavy atom. The molecule has 0 spiro atoms. The Morgan fingerprint density at radius 2 is 1.67 bits per heavy atom. The normalized spacial score (nSPS) is 13.3. The number of carbonyl (C=O) groups is 1. The molecule has 0 bridgehead atoms. The van der Waals surface area contributed by atoms with Gasteiger partial charge in [0.2, 0.25) is 10.0 Å². The van der Waals surface area contributed by atoms with Crippen molar-refractivity contribution in [3.63, 3.8) is 0 Å². The minimum Gasteiger partial charge on any atom is -0.480 e. The lowest BCUT2D eigenvalue weighted by atomic mass is 10.1. The minimum absolute atomic E-state index is 0.0704. The third-order valence-electron chi connectivity index (χ3n) is 4.83. The maximum absolute atomic E-state index is 12.7. The molecule has 0 aliphatic heterocycles. The number of rotatable bonds is 6. The molecule has 0 radical (unpaired) electrons. The van der Waals surface area contributed by atoms with Crippen molar-refractivity contribution in [3.8, 4) is 11.3 Å². The molecule has 0 fully saturated rings. The molecule has 9 heteroatoms. The summed E-state index contributed by atoms with van der Waals surface area (Å²) in [5, 5.41) is 11.1. The van der Waals surface area contributed by atoms with Crippen molar-refractivity contribution in [1.29, 1.82) is 0 Å². The molecular weight excluding hydrogens is 430 g/mol. The predicted octanol–water partition coefficient (Wildman–Crippen LogP) is 4.89. The average molecular weight is 448 g/mol. The van der Waals surface area contributed by atoms with Crippen molar-refractivity contribution in [2.24, 2.45) is 5.92 Å². The van der Waals surface area contributed by atoms with Gasteiger partial charge in [0.15, 0.2) is 5.22 Å². The summed E-state index contributed by atoms with van der Waals surface area (Å²) < 4.78 is 39.0. The number of hydrogen-bond acceptors (Lipinski definition) is 5. The zero-order valence-electron chi connectivity index (χ0n) is 16.0. The standard InChI is InChI=1S/C21H18ClNO6S/c1-11(2)20(21(24)25)23-30(26,27)13-4-6-15-14-5-3-12(16-7-8-19(22)29-16)9-17(14)28-18(15)10-13/h3-11,20,23H,1-2H3,(H,24,25)/t20-/m0/s1. The average Bonchev–Trinajstić information content (AvgIpc) is 3.27. The van der Waals surface area contributed by atoms with Crippen LogP contribution >= 0.6 is 11.6 Å². The third-order valence-corrected chi connectivity index (χ3v) is 6.47. The molecule has 0 unspecified atom stereocenters. The summed E-state index contributed by atoms with van der Waals surface area (Å²) in [6.45, 7) is 3.26. The SMILES string of the molecule is CC(C)[C@H](NS(=O)(=O)c1ccc2c(c1)oc1cc(-c3ccc(Cl)o3)ccc12)C(=O)O. The van der Waals surface area contributed by atoms with Crippen molar-refractivity contribution < 1.29 is 27.2 Å². The minimum atomic E-state index is -4.05. The highest BCUT2D eigenvalue weighted by Crippen LogP contribution is 2.34.